The van der Waals surface area contributed by atoms with Gasteiger partial charge in [-0.25, -0.2) is 0 Å². The van der Waals surface area contributed by atoms with Crippen LogP contribution in [0.1, 0.15) is 33.1 Å². The van der Waals surface area contributed by atoms with Crippen LogP contribution in [0, 0.1) is 11.3 Å². The Labute approximate surface area is 79.6 Å². The van der Waals surface area contributed by atoms with Gasteiger partial charge in [0.25, 0.3) is 0 Å². The van der Waals surface area contributed by atoms with Crippen LogP contribution in [0.5, 0.6) is 0 Å². The van der Waals surface area contributed by atoms with E-state index >= 15 is 0 Å². The van der Waals surface area contributed by atoms with Crippen LogP contribution in [0.2, 0.25) is 0 Å². The van der Waals surface area contributed by atoms with Gasteiger partial charge in [-0.1, -0.05) is 13.8 Å². The minimum absolute atomic E-state index is 0.0266. The lowest BCUT2D eigenvalue weighted by Crippen LogP contribution is -2.42. The molecule has 1 aliphatic carbocycles. The first-order valence-corrected chi connectivity index (χ1v) is 4.81. The molecule has 13 heavy (non-hydrogen) atoms. The van der Waals surface area contributed by atoms with Gasteiger partial charge in [0.05, 0.1) is 13.0 Å². The first-order valence-electron chi connectivity index (χ1n) is 4.81. The van der Waals surface area contributed by atoms with Crippen molar-refractivity contribution in [3.05, 3.63) is 0 Å². The molecule has 1 fully saturated rings. The van der Waals surface area contributed by atoms with Crippen molar-refractivity contribution in [2.45, 2.75) is 39.2 Å². The van der Waals surface area contributed by atoms with Crippen LogP contribution in [0.4, 0.5) is 0 Å². The summed E-state index contributed by atoms with van der Waals surface area (Å²) in [5.41, 5.74) is 5.88. The summed E-state index contributed by atoms with van der Waals surface area (Å²) in [6.07, 6.45) is 2.79. The molecule has 1 saturated carbocycles. The van der Waals surface area contributed by atoms with Gasteiger partial charge in [0.1, 0.15) is 0 Å². The van der Waals surface area contributed by atoms with Gasteiger partial charge in [-0.2, -0.15) is 0 Å². The highest BCUT2D eigenvalue weighted by Crippen LogP contribution is 2.40. The Morgan fingerprint density at radius 3 is 2.69 bits per heavy atom. The molecule has 1 aliphatic rings. The number of rotatable bonds is 1. The summed E-state index contributed by atoms with van der Waals surface area (Å²) >= 11 is 0. The maximum Gasteiger partial charge on any atom is 0.309 e. The molecule has 0 aliphatic heterocycles. The van der Waals surface area contributed by atoms with Crippen molar-refractivity contribution in [1.29, 1.82) is 0 Å². The summed E-state index contributed by atoms with van der Waals surface area (Å²) in [6.45, 7) is 4.22. The highest BCUT2D eigenvalue weighted by atomic mass is 16.5. The van der Waals surface area contributed by atoms with Gasteiger partial charge >= 0.3 is 5.97 Å². The minimum Gasteiger partial charge on any atom is -0.469 e. The third-order valence-electron chi connectivity index (χ3n) is 3.13. The van der Waals surface area contributed by atoms with E-state index in [1.54, 1.807) is 0 Å². The van der Waals surface area contributed by atoms with E-state index in [1.807, 2.05) is 0 Å². The van der Waals surface area contributed by atoms with Crippen LogP contribution in [-0.2, 0) is 9.53 Å². The molecule has 0 aromatic rings. The van der Waals surface area contributed by atoms with Crippen molar-refractivity contribution in [3.63, 3.8) is 0 Å². The Morgan fingerprint density at radius 2 is 2.15 bits per heavy atom. The number of carbonyl (C=O) groups excluding carboxylic acids is 1. The van der Waals surface area contributed by atoms with E-state index < -0.39 is 0 Å². The zero-order valence-electron chi connectivity index (χ0n) is 8.67. The van der Waals surface area contributed by atoms with Crippen LogP contribution < -0.4 is 5.73 Å². The molecule has 0 bridgehead atoms. The molecule has 76 valence electrons. The highest BCUT2D eigenvalue weighted by molar-refractivity contribution is 5.73. The normalized spacial score (nSPS) is 32.6. The first-order chi connectivity index (χ1) is 5.97. The Bertz CT molecular complexity index is 201. The molecule has 2 N–H and O–H groups in total. The topological polar surface area (TPSA) is 52.3 Å². The Kier molecular flexibility index (Phi) is 2.96. The maximum absolute atomic E-state index is 11.5. The summed E-state index contributed by atoms with van der Waals surface area (Å²) in [5.74, 6) is -0.138. The number of carbonyl (C=O) groups is 1. The third kappa shape index (κ3) is 2.21. The van der Waals surface area contributed by atoms with Gasteiger partial charge in [0, 0.05) is 6.04 Å². The Balaban J connectivity index is 2.72. The summed E-state index contributed by atoms with van der Waals surface area (Å²) in [6, 6.07) is 0.164. The number of methoxy groups -OCH3 is 1. The van der Waals surface area contributed by atoms with E-state index in [-0.39, 0.29) is 23.3 Å². The van der Waals surface area contributed by atoms with E-state index in [0.717, 1.165) is 19.3 Å². The van der Waals surface area contributed by atoms with Crippen molar-refractivity contribution < 1.29 is 9.53 Å². The van der Waals surface area contributed by atoms with Gasteiger partial charge in [-0.3, -0.25) is 4.79 Å². The van der Waals surface area contributed by atoms with E-state index in [1.165, 1.54) is 7.11 Å². The molecule has 3 heteroatoms. The zero-order valence-corrected chi connectivity index (χ0v) is 8.67. The molecule has 3 nitrogen and oxygen atoms in total. The lowest BCUT2D eigenvalue weighted by Gasteiger charge is -2.39. The first kappa shape index (κ1) is 10.5. The monoisotopic (exact) mass is 185 g/mol. The number of ether oxygens (including phenoxy) is 1. The van der Waals surface area contributed by atoms with Crippen molar-refractivity contribution in [2.75, 3.05) is 7.11 Å². The molecule has 0 aromatic heterocycles. The van der Waals surface area contributed by atoms with Crippen LogP contribution in [0.3, 0.4) is 0 Å². The average Bonchev–Trinajstić information content (AvgIpc) is 2.08. The third-order valence-corrected chi connectivity index (χ3v) is 3.13. The second-order valence-corrected chi connectivity index (χ2v) is 4.60. The van der Waals surface area contributed by atoms with E-state index in [2.05, 4.69) is 13.8 Å². The van der Waals surface area contributed by atoms with Gasteiger partial charge in [-0.05, 0) is 24.7 Å². The van der Waals surface area contributed by atoms with Crippen molar-refractivity contribution in [2.24, 2.45) is 17.1 Å². The summed E-state index contributed by atoms with van der Waals surface area (Å²) < 4.78 is 4.78. The molecule has 0 spiro atoms. The molecule has 2 unspecified atom stereocenters. The fourth-order valence-electron chi connectivity index (χ4n) is 2.03. The van der Waals surface area contributed by atoms with Crippen molar-refractivity contribution >= 4 is 5.97 Å². The van der Waals surface area contributed by atoms with Crippen molar-refractivity contribution in [1.82, 2.24) is 0 Å². The van der Waals surface area contributed by atoms with Crippen LogP contribution in [0.15, 0.2) is 0 Å². The second-order valence-electron chi connectivity index (χ2n) is 4.60. The summed E-state index contributed by atoms with van der Waals surface area (Å²) in [7, 11) is 1.44. The highest BCUT2D eigenvalue weighted by Gasteiger charge is 2.40. The lowest BCUT2D eigenvalue weighted by atomic mass is 9.67. The molecule has 0 heterocycles. The van der Waals surface area contributed by atoms with Crippen LogP contribution in [0.25, 0.3) is 0 Å². The standard InChI is InChI=1S/C10H19NO2/c1-10(2)5-4-7(11)6-8(10)9(12)13-3/h7-8H,4-6,11H2,1-3H3. The molecule has 1 rings (SSSR count). The fraction of sp³-hybridized carbons (Fsp3) is 0.900. The predicted octanol–water partition coefficient (Wildman–Crippen LogP) is 1.31. The van der Waals surface area contributed by atoms with Gasteiger partial charge in [-0.15, -0.1) is 0 Å². The fourth-order valence-corrected chi connectivity index (χ4v) is 2.03. The average molecular weight is 185 g/mol. The SMILES string of the molecule is COC(=O)C1CC(N)CCC1(C)C. The molecule has 0 radical (unpaired) electrons. The second kappa shape index (κ2) is 3.66. The predicted molar refractivity (Wildman–Crippen MR) is 51.1 cm³/mol. The molecule has 0 aromatic carbocycles. The number of hydrogen-bond donors (Lipinski definition) is 1. The zero-order chi connectivity index (χ0) is 10.1. The maximum atomic E-state index is 11.5. The van der Waals surface area contributed by atoms with Crippen molar-refractivity contribution in [3.8, 4) is 0 Å². The lowest BCUT2D eigenvalue weighted by molar-refractivity contribution is -0.151. The van der Waals surface area contributed by atoms with Gasteiger partial charge in [0.15, 0.2) is 0 Å². The molecule has 2 atom stereocenters. The summed E-state index contributed by atoms with van der Waals surface area (Å²) in [4.78, 5) is 11.5. The van der Waals surface area contributed by atoms with E-state index in [9.17, 15) is 4.79 Å². The number of nitrogens with two attached hydrogens (primary N) is 1. The molecule has 0 saturated heterocycles. The molecular weight excluding hydrogens is 166 g/mol. The minimum atomic E-state index is -0.111. The Hall–Kier alpha value is -0.570. The van der Waals surface area contributed by atoms with Crippen LogP contribution >= 0.6 is 0 Å². The largest absolute Gasteiger partial charge is 0.469 e. The molecular formula is C10H19NO2. The molecule has 0 amide bonds. The number of hydrogen-bond acceptors (Lipinski definition) is 3. The van der Waals surface area contributed by atoms with E-state index in [0.29, 0.717) is 0 Å². The quantitative estimate of drug-likeness (QED) is 0.627. The van der Waals surface area contributed by atoms with E-state index in [4.69, 9.17) is 10.5 Å². The number of esters is 1. The van der Waals surface area contributed by atoms with Gasteiger partial charge < -0.3 is 10.5 Å². The summed E-state index contributed by atoms with van der Waals surface area (Å²) in [5, 5.41) is 0. The Morgan fingerprint density at radius 1 is 1.54 bits per heavy atom. The van der Waals surface area contributed by atoms with Crippen LogP contribution in [-0.4, -0.2) is 19.1 Å². The van der Waals surface area contributed by atoms with Gasteiger partial charge in [0.2, 0.25) is 0 Å². The smallest absolute Gasteiger partial charge is 0.309 e.